The molecule has 0 N–H and O–H groups in total. The van der Waals surface area contributed by atoms with Gasteiger partial charge in [0.15, 0.2) is 0 Å². The van der Waals surface area contributed by atoms with Gasteiger partial charge in [-0.1, -0.05) is 42.5 Å². The number of methoxy groups -OCH3 is 1. The van der Waals surface area contributed by atoms with Gasteiger partial charge in [-0.2, -0.15) is 13.8 Å². The lowest BCUT2D eigenvalue weighted by atomic mass is 10.0. The third-order valence-electron chi connectivity index (χ3n) is 7.04. The van der Waals surface area contributed by atoms with E-state index in [1.54, 1.807) is 7.11 Å². The summed E-state index contributed by atoms with van der Waals surface area (Å²) in [5.74, 6) is 1.96. The Bertz CT molecular complexity index is 1160. The van der Waals surface area contributed by atoms with Crippen molar-refractivity contribution in [3.05, 3.63) is 77.9 Å². The lowest BCUT2D eigenvalue weighted by molar-refractivity contribution is -0.163. The van der Waals surface area contributed by atoms with Gasteiger partial charge >= 0.3 is 6.61 Å². The Balaban J connectivity index is 1.43. The largest absolute Gasteiger partial charge is 0.497 e. The minimum absolute atomic E-state index is 0.284. The van der Waals surface area contributed by atoms with Crippen molar-refractivity contribution in [3.63, 3.8) is 0 Å². The summed E-state index contributed by atoms with van der Waals surface area (Å²) in [7, 11) is 1.63. The molecule has 2 aliphatic heterocycles. The highest BCUT2D eigenvalue weighted by molar-refractivity contribution is 5.59. The number of halogens is 2. The minimum Gasteiger partial charge on any atom is -0.497 e. The summed E-state index contributed by atoms with van der Waals surface area (Å²) < 4.78 is 48.6. The number of rotatable bonds is 10. The Kier molecular flexibility index (Phi) is 8.55. The second-order valence-electron chi connectivity index (χ2n) is 9.43. The van der Waals surface area contributed by atoms with E-state index in [1.165, 1.54) is 0 Å². The number of alkyl halides is 2. The molecule has 7 nitrogen and oxygen atoms in total. The molecule has 202 valence electrons. The van der Waals surface area contributed by atoms with Gasteiger partial charge < -0.3 is 28.7 Å². The number of aromatic nitrogens is 1. The van der Waals surface area contributed by atoms with Crippen LogP contribution in [-0.2, 0) is 22.5 Å². The number of anilines is 2. The number of ether oxygens (including phenoxy) is 4. The number of nitrogens with zero attached hydrogens (tertiary/aromatic N) is 3. The molecule has 1 aromatic heterocycles. The second-order valence-corrected chi connectivity index (χ2v) is 9.43. The number of pyridine rings is 1. The molecule has 0 amide bonds. The van der Waals surface area contributed by atoms with Crippen molar-refractivity contribution >= 4 is 11.5 Å². The molecule has 38 heavy (non-hydrogen) atoms. The van der Waals surface area contributed by atoms with E-state index < -0.39 is 12.7 Å². The maximum atomic E-state index is 13.3. The van der Waals surface area contributed by atoms with Crippen LogP contribution in [0.1, 0.15) is 17.5 Å². The molecule has 0 saturated carbocycles. The van der Waals surface area contributed by atoms with Crippen LogP contribution < -0.4 is 19.3 Å². The Morgan fingerprint density at radius 3 is 2.45 bits per heavy atom. The van der Waals surface area contributed by atoms with Crippen LogP contribution in [0.2, 0.25) is 0 Å². The first-order chi connectivity index (χ1) is 18.6. The summed E-state index contributed by atoms with van der Waals surface area (Å²) in [6, 6.07) is 21.3. The van der Waals surface area contributed by atoms with E-state index in [0.29, 0.717) is 50.9 Å². The summed E-state index contributed by atoms with van der Waals surface area (Å²) in [6.45, 7) is 0.876. The molecule has 3 heterocycles. The van der Waals surface area contributed by atoms with E-state index in [1.807, 2.05) is 66.7 Å². The van der Waals surface area contributed by atoms with Gasteiger partial charge in [0.05, 0.1) is 32.5 Å². The van der Waals surface area contributed by atoms with Gasteiger partial charge in [-0.05, 0) is 36.1 Å². The SMILES string of the molecule is COc1ccc(COc2cc(N3CCOCC3)cc(N3CC[C@@H](OC(F)F)[C@@H]3Cc3ccccc3)n2)cc1. The van der Waals surface area contributed by atoms with Crippen LogP contribution >= 0.6 is 0 Å². The Labute approximate surface area is 221 Å². The minimum atomic E-state index is -2.82. The molecule has 0 bridgehead atoms. The van der Waals surface area contributed by atoms with Crippen molar-refractivity contribution in [2.45, 2.75) is 38.2 Å². The fourth-order valence-electron chi connectivity index (χ4n) is 5.08. The molecular formula is C29H33F2N3O4. The summed E-state index contributed by atoms with van der Waals surface area (Å²) >= 11 is 0. The number of hydrogen-bond donors (Lipinski definition) is 0. The van der Waals surface area contributed by atoms with Crippen molar-refractivity contribution in [1.29, 1.82) is 0 Å². The first-order valence-corrected chi connectivity index (χ1v) is 12.9. The maximum Gasteiger partial charge on any atom is 0.345 e. The van der Waals surface area contributed by atoms with E-state index >= 15 is 0 Å². The lowest BCUT2D eigenvalue weighted by Crippen LogP contribution is -2.40. The predicted octanol–water partition coefficient (Wildman–Crippen LogP) is 4.94. The topological polar surface area (TPSA) is 56.3 Å². The summed E-state index contributed by atoms with van der Waals surface area (Å²) in [4.78, 5) is 9.17. The lowest BCUT2D eigenvalue weighted by Gasteiger charge is -2.32. The van der Waals surface area contributed by atoms with Crippen molar-refractivity contribution in [2.75, 3.05) is 49.8 Å². The van der Waals surface area contributed by atoms with E-state index in [4.69, 9.17) is 23.9 Å². The molecule has 2 fully saturated rings. The molecule has 9 heteroatoms. The summed E-state index contributed by atoms with van der Waals surface area (Å²) in [5, 5.41) is 0. The van der Waals surface area contributed by atoms with Crippen LogP contribution in [0.5, 0.6) is 11.6 Å². The molecule has 0 spiro atoms. The molecule has 2 aromatic carbocycles. The van der Waals surface area contributed by atoms with E-state index in [0.717, 1.165) is 35.7 Å². The Morgan fingerprint density at radius 1 is 0.974 bits per heavy atom. The third-order valence-corrected chi connectivity index (χ3v) is 7.04. The number of hydrogen-bond acceptors (Lipinski definition) is 7. The monoisotopic (exact) mass is 525 g/mol. The van der Waals surface area contributed by atoms with Crippen LogP contribution in [0, 0.1) is 0 Å². The van der Waals surface area contributed by atoms with Crippen molar-refractivity contribution < 1.29 is 27.7 Å². The normalized spacial score (nSPS) is 19.7. The average Bonchev–Trinajstić information content (AvgIpc) is 3.34. The molecule has 2 atom stereocenters. The van der Waals surface area contributed by atoms with Gasteiger partial charge in [-0.3, -0.25) is 0 Å². The fourth-order valence-corrected chi connectivity index (χ4v) is 5.08. The Hall–Kier alpha value is -3.43. The summed E-state index contributed by atoms with van der Waals surface area (Å²) in [5.41, 5.74) is 3.02. The van der Waals surface area contributed by atoms with Gasteiger partial charge in [0.25, 0.3) is 0 Å². The molecule has 2 saturated heterocycles. The zero-order chi connectivity index (χ0) is 26.3. The van der Waals surface area contributed by atoms with Crippen LogP contribution in [0.25, 0.3) is 0 Å². The van der Waals surface area contributed by atoms with E-state index in [-0.39, 0.29) is 6.04 Å². The first kappa shape index (κ1) is 26.2. The van der Waals surface area contributed by atoms with Crippen molar-refractivity contribution in [1.82, 2.24) is 4.98 Å². The maximum absolute atomic E-state index is 13.3. The average molecular weight is 526 g/mol. The zero-order valence-electron chi connectivity index (χ0n) is 21.5. The predicted molar refractivity (Wildman–Crippen MR) is 141 cm³/mol. The fraction of sp³-hybridized carbons (Fsp3) is 0.414. The van der Waals surface area contributed by atoms with Gasteiger partial charge in [0, 0.05) is 37.5 Å². The molecule has 5 rings (SSSR count). The number of benzene rings is 2. The third kappa shape index (κ3) is 6.52. The molecule has 0 aliphatic carbocycles. The van der Waals surface area contributed by atoms with Gasteiger partial charge in [0.1, 0.15) is 18.2 Å². The molecule has 3 aromatic rings. The van der Waals surface area contributed by atoms with Gasteiger partial charge in [-0.15, -0.1) is 0 Å². The second kappa shape index (κ2) is 12.4. The summed E-state index contributed by atoms with van der Waals surface area (Å²) in [6.07, 6.45) is 0.463. The van der Waals surface area contributed by atoms with Crippen molar-refractivity contribution in [3.8, 4) is 11.6 Å². The smallest absolute Gasteiger partial charge is 0.345 e. The standard InChI is InChI=1S/C29H33F2N3O4/c1-35-24-9-7-22(8-10-24)20-37-28-19-23(33-13-15-36-16-14-33)18-27(32-28)34-12-11-26(38-29(30)31)25(34)17-21-5-3-2-4-6-21/h2-10,18-19,25-26,29H,11-17,20H2,1H3/t25-,26+/m0/s1. The zero-order valence-corrected chi connectivity index (χ0v) is 21.5. The van der Waals surface area contributed by atoms with E-state index in [9.17, 15) is 8.78 Å². The van der Waals surface area contributed by atoms with E-state index in [2.05, 4.69) is 9.80 Å². The van der Waals surface area contributed by atoms with Crippen molar-refractivity contribution in [2.24, 2.45) is 0 Å². The molecule has 0 radical (unpaired) electrons. The highest BCUT2D eigenvalue weighted by Gasteiger charge is 2.38. The first-order valence-electron chi connectivity index (χ1n) is 12.9. The highest BCUT2D eigenvalue weighted by Crippen LogP contribution is 2.34. The van der Waals surface area contributed by atoms with Gasteiger partial charge in [0.2, 0.25) is 5.88 Å². The van der Waals surface area contributed by atoms with Crippen LogP contribution in [0.15, 0.2) is 66.7 Å². The highest BCUT2D eigenvalue weighted by atomic mass is 19.3. The van der Waals surface area contributed by atoms with Crippen LogP contribution in [0.4, 0.5) is 20.3 Å². The Morgan fingerprint density at radius 2 is 1.74 bits per heavy atom. The van der Waals surface area contributed by atoms with Crippen LogP contribution in [0.3, 0.4) is 0 Å². The molecule has 2 aliphatic rings. The molecule has 0 unspecified atom stereocenters. The number of morpholine rings is 1. The molecular weight excluding hydrogens is 492 g/mol. The quantitative estimate of drug-likeness (QED) is 0.372. The van der Waals surface area contributed by atoms with Crippen LogP contribution in [-0.4, -0.2) is 63.7 Å². The van der Waals surface area contributed by atoms with Gasteiger partial charge in [-0.25, -0.2) is 0 Å².